The SMILES string of the molecule is CSc1ccccc1NC(=O)C[NH+](C)CC(=O)Nc1ccc(N2CCCCC2)cc1. The van der Waals surface area contributed by atoms with Gasteiger partial charge in [-0.2, -0.15) is 0 Å². The Morgan fingerprint density at radius 3 is 2.23 bits per heavy atom. The number of hydrogen-bond donors (Lipinski definition) is 3. The molecule has 7 heteroatoms. The molecule has 0 bridgehead atoms. The first-order valence-corrected chi connectivity index (χ1v) is 11.7. The predicted octanol–water partition coefficient (Wildman–Crippen LogP) is 2.49. The zero-order valence-electron chi connectivity index (χ0n) is 17.7. The number of likely N-dealkylation sites (N-methyl/N-ethyl adjacent to an activating group) is 1. The minimum Gasteiger partial charge on any atom is -0.372 e. The number of carbonyl (C=O) groups excluding carboxylic acids is 2. The van der Waals surface area contributed by atoms with E-state index >= 15 is 0 Å². The van der Waals surface area contributed by atoms with Gasteiger partial charge in [-0.05, 0) is 61.9 Å². The summed E-state index contributed by atoms with van der Waals surface area (Å²) >= 11 is 1.59. The van der Waals surface area contributed by atoms with Gasteiger partial charge in [0.05, 0.1) is 12.7 Å². The summed E-state index contributed by atoms with van der Waals surface area (Å²) in [5.41, 5.74) is 2.80. The van der Waals surface area contributed by atoms with Crippen LogP contribution in [-0.2, 0) is 9.59 Å². The Morgan fingerprint density at radius 2 is 1.57 bits per heavy atom. The number of para-hydroxylation sites is 1. The van der Waals surface area contributed by atoms with Crippen molar-refractivity contribution in [3.8, 4) is 0 Å². The van der Waals surface area contributed by atoms with E-state index in [2.05, 4.69) is 27.7 Å². The second kappa shape index (κ2) is 11.0. The third-order valence-electron chi connectivity index (χ3n) is 5.18. The van der Waals surface area contributed by atoms with Gasteiger partial charge in [0.25, 0.3) is 11.8 Å². The van der Waals surface area contributed by atoms with Gasteiger partial charge in [-0.3, -0.25) is 9.59 Å². The lowest BCUT2D eigenvalue weighted by atomic mass is 10.1. The maximum atomic E-state index is 12.4. The molecule has 2 aromatic carbocycles. The molecule has 1 aliphatic heterocycles. The number of benzene rings is 2. The molecule has 0 saturated carbocycles. The van der Waals surface area contributed by atoms with E-state index in [-0.39, 0.29) is 24.9 Å². The maximum absolute atomic E-state index is 12.4. The fourth-order valence-electron chi connectivity index (χ4n) is 3.67. The second-order valence-corrected chi connectivity index (χ2v) is 8.55. The molecule has 2 amide bonds. The molecule has 1 aliphatic rings. The molecule has 0 radical (unpaired) electrons. The van der Waals surface area contributed by atoms with Gasteiger partial charge in [-0.15, -0.1) is 11.8 Å². The Hall–Kier alpha value is -2.51. The summed E-state index contributed by atoms with van der Waals surface area (Å²) in [4.78, 5) is 29.0. The van der Waals surface area contributed by atoms with Gasteiger partial charge in [0.15, 0.2) is 13.1 Å². The number of nitrogens with one attached hydrogen (secondary N) is 3. The Morgan fingerprint density at radius 1 is 0.933 bits per heavy atom. The van der Waals surface area contributed by atoms with Crippen LogP contribution in [0.2, 0.25) is 0 Å². The molecule has 1 fully saturated rings. The highest BCUT2D eigenvalue weighted by molar-refractivity contribution is 7.98. The van der Waals surface area contributed by atoms with Crippen LogP contribution in [0.1, 0.15) is 19.3 Å². The maximum Gasteiger partial charge on any atom is 0.279 e. The number of hydrogen-bond acceptors (Lipinski definition) is 4. The summed E-state index contributed by atoms with van der Waals surface area (Å²) in [5, 5.41) is 5.87. The first-order valence-electron chi connectivity index (χ1n) is 10.4. The van der Waals surface area contributed by atoms with Crippen molar-refractivity contribution in [2.75, 3.05) is 55.0 Å². The highest BCUT2D eigenvalue weighted by Crippen LogP contribution is 2.24. The van der Waals surface area contributed by atoms with Crippen LogP contribution < -0.4 is 20.4 Å². The monoisotopic (exact) mass is 427 g/mol. The van der Waals surface area contributed by atoms with Crippen LogP contribution in [0.3, 0.4) is 0 Å². The minimum absolute atomic E-state index is 0.101. The number of anilines is 3. The first-order chi connectivity index (χ1) is 14.5. The smallest absolute Gasteiger partial charge is 0.279 e. The molecule has 0 spiro atoms. The second-order valence-electron chi connectivity index (χ2n) is 7.70. The van der Waals surface area contributed by atoms with E-state index in [1.54, 1.807) is 11.8 Å². The normalized spacial score (nSPS) is 14.8. The minimum atomic E-state index is -0.104. The number of piperidine rings is 1. The molecule has 30 heavy (non-hydrogen) atoms. The quantitative estimate of drug-likeness (QED) is 0.567. The van der Waals surface area contributed by atoms with E-state index in [0.717, 1.165) is 34.3 Å². The standard InChI is InChI=1S/C23H30N4O2S/c1-26(17-23(29)25-20-8-4-5-9-21(20)30-2)16-22(28)24-18-10-12-19(13-11-18)27-14-6-3-7-15-27/h4-5,8-13H,3,6-7,14-17H2,1-2H3,(H,24,28)(H,25,29)/p+1. The van der Waals surface area contributed by atoms with Crippen molar-refractivity contribution >= 4 is 40.6 Å². The molecule has 0 aliphatic carbocycles. The van der Waals surface area contributed by atoms with Gasteiger partial charge in [0.2, 0.25) is 0 Å². The zero-order chi connectivity index (χ0) is 21.3. The molecule has 1 saturated heterocycles. The Labute approximate surface area is 183 Å². The fourth-order valence-corrected chi connectivity index (χ4v) is 4.22. The van der Waals surface area contributed by atoms with Crippen molar-refractivity contribution in [3.05, 3.63) is 48.5 Å². The van der Waals surface area contributed by atoms with Crippen LogP contribution in [0, 0.1) is 0 Å². The molecule has 1 heterocycles. The lowest BCUT2D eigenvalue weighted by molar-refractivity contribution is -0.862. The molecule has 2 aromatic rings. The van der Waals surface area contributed by atoms with E-state index < -0.39 is 0 Å². The van der Waals surface area contributed by atoms with E-state index in [1.807, 2.05) is 49.7 Å². The van der Waals surface area contributed by atoms with Gasteiger partial charge in [-0.25, -0.2) is 0 Å². The highest BCUT2D eigenvalue weighted by Gasteiger charge is 2.16. The lowest BCUT2D eigenvalue weighted by Gasteiger charge is -2.28. The van der Waals surface area contributed by atoms with E-state index in [1.165, 1.54) is 24.9 Å². The van der Waals surface area contributed by atoms with Crippen molar-refractivity contribution < 1.29 is 14.5 Å². The Kier molecular flexibility index (Phi) is 8.16. The first kappa shape index (κ1) is 22.2. The van der Waals surface area contributed by atoms with Crippen LogP contribution in [0.25, 0.3) is 0 Å². The van der Waals surface area contributed by atoms with Gasteiger partial charge >= 0.3 is 0 Å². The highest BCUT2D eigenvalue weighted by atomic mass is 32.2. The van der Waals surface area contributed by atoms with E-state index in [4.69, 9.17) is 0 Å². The van der Waals surface area contributed by atoms with Crippen molar-refractivity contribution in [2.45, 2.75) is 24.2 Å². The average molecular weight is 428 g/mol. The van der Waals surface area contributed by atoms with Crippen LogP contribution in [0.5, 0.6) is 0 Å². The third-order valence-corrected chi connectivity index (χ3v) is 5.97. The number of quaternary nitrogens is 1. The summed E-state index contributed by atoms with van der Waals surface area (Å²) in [5.74, 6) is -0.205. The van der Waals surface area contributed by atoms with E-state index in [9.17, 15) is 9.59 Å². The summed E-state index contributed by atoms with van der Waals surface area (Å²) in [6.45, 7) is 2.65. The molecule has 0 aromatic heterocycles. The van der Waals surface area contributed by atoms with Crippen molar-refractivity contribution in [1.82, 2.24) is 0 Å². The molecule has 1 unspecified atom stereocenters. The fraction of sp³-hybridized carbons (Fsp3) is 0.391. The number of rotatable bonds is 8. The van der Waals surface area contributed by atoms with Crippen LogP contribution in [-0.4, -0.2) is 51.3 Å². The predicted molar refractivity (Wildman–Crippen MR) is 125 cm³/mol. The van der Waals surface area contributed by atoms with Crippen molar-refractivity contribution in [3.63, 3.8) is 0 Å². The Bertz CT molecular complexity index is 851. The van der Waals surface area contributed by atoms with Gasteiger partial charge in [0, 0.05) is 29.4 Å². The molecule has 3 rings (SSSR count). The molecule has 6 nitrogen and oxygen atoms in total. The number of carbonyl (C=O) groups is 2. The van der Waals surface area contributed by atoms with Crippen LogP contribution >= 0.6 is 11.8 Å². The largest absolute Gasteiger partial charge is 0.372 e. The summed E-state index contributed by atoms with van der Waals surface area (Å²) < 4.78 is 0. The van der Waals surface area contributed by atoms with Crippen LogP contribution in [0.15, 0.2) is 53.4 Å². The number of nitrogens with zero attached hydrogens (tertiary/aromatic N) is 1. The van der Waals surface area contributed by atoms with Gasteiger partial charge in [0.1, 0.15) is 0 Å². The van der Waals surface area contributed by atoms with Crippen LogP contribution in [0.4, 0.5) is 17.1 Å². The van der Waals surface area contributed by atoms with Crippen molar-refractivity contribution in [2.24, 2.45) is 0 Å². The van der Waals surface area contributed by atoms with Gasteiger partial charge < -0.3 is 20.4 Å². The van der Waals surface area contributed by atoms with E-state index in [0.29, 0.717) is 0 Å². The summed E-state index contributed by atoms with van der Waals surface area (Å²) in [6.07, 6.45) is 5.77. The Balaban J connectivity index is 1.45. The number of amides is 2. The summed E-state index contributed by atoms with van der Waals surface area (Å²) in [7, 11) is 1.85. The number of thioether (sulfide) groups is 1. The molecule has 1 atom stereocenters. The molecular weight excluding hydrogens is 396 g/mol. The average Bonchev–Trinajstić information content (AvgIpc) is 2.75. The molecule has 160 valence electrons. The third kappa shape index (κ3) is 6.50. The van der Waals surface area contributed by atoms with Crippen molar-refractivity contribution in [1.29, 1.82) is 0 Å². The molecule has 3 N–H and O–H groups in total. The van der Waals surface area contributed by atoms with Gasteiger partial charge in [-0.1, -0.05) is 12.1 Å². The summed E-state index contributed by atoms with van der Waals surface area (Å²) in [6, 6.07) is 15.7. The molecular formula is C23H31N4O2S+. The lowest BCUT2D eigenvalue weighted by Crippen LogP contribution is -3.11. The topological polar surface area (TPSA) is 65.9 Å². The zero-order valence-corrected chi connectivity index (χ0v) is 18.6.